The number of hydrogen-bond donors (Lipinski definition) is 0. The van der Waals surface area contributed by atoms with Crippen LogP contribution in [0, 0.1) is 10.8 Å². The molecule has 70 valence electrons. The lowest BCUT2D eigenvalue weighted by Crippen LogP contribution is -2.52. The Balaban J connectivity index is 1.79. The van der Waals surface area contributed by atoms with Gasteiger partial charge in [0.15, 0.2) is 0 Å². The molecule has 0 radical (unpaired) electrons. The molecular weight excluding hydrogens is 160 g/mol. The van der Waals surface area contributed by atoms with E-state index in [4.69, 9.17) is 4.74 Å². The summed E-state index contributed by atoms with van der Waals surface area (Å²) in [6.45, 7) is 0. The third-order valence-corrected chi connectivity index (χ3v) is 5.03. The van der Waals surface area contributed by atoms with E-state index in [2.05, 4.69) is 12.2 Å². The van der Waals surface area contributed by atoms with E-state index in [0.717, 1.165) is 0 Å². The van der Waals surface area contributed by atoms with Crippen LogP contribution in [-0.2, 0) is 4.74 Å². The molecule has 1 heterocycles. The molecule has 0 aromatic carbocycles. The first kappa shape index (κ1) is 7.05. The van der Waals surface area contributed by atoms with Gasteiger partial charge in [0.25, 0.3) is 0 Å². The zero-order chi connectivity index (χ0) is 8.52. The lowest BCUT2D eigenvalue weighted by molar-refractivity contribution is 0.00835. The first-order valence-corrected chi connectivity index (χ1v) is 5.70. The number of rotatable bonds is 0. The molecule has 2 saturated carbocycles. The van der Waals surface area contributed by atoms with Crippen LogP contribution in [0.1, 0.15) is 38.5 Å². The van der Waals surface area contributed by atoms with Gasteiger partial charge in [-0.15, -0.1) is 0 Å². The maximum absolute atomic E-state index is 5.70. The summed E-state index contributed by atoms with van der Waals surface area (Å²) in [6, 6.07) is 0. The van der Waals surface area contributed by atoms with Crippen LogP contribution >= 0.6 is 0 Å². The van der Waals surface area contributed by atoms with Crippen molar-refractivity contribution in [2.24, 2.45) is 10.8 Å². The fourth-order valence-corrected chi connectivity index (χ4v) is 4.10. The van der Waals surface area contributed by atoms with Crippen molar-refractivity contribution in [2.45, 2.75) is 50.7 Å². The molecule has 1 saturated heterocycles. The Morgan fingerprint density at radius 3 is 1.92 bits per heavy atom. The van der Waals surface area contributed by atoms with Gasteiger partial charge >= 0.3 is 0 Å². The van der Waals surface area contributed by atoms with Crippen molar-refractivity contribution in [3.63, 3.8) is 0 Å². The molecule has 4 rings (SSSR count). The largest absolute Gasteiger partial charge is 0.370 e. The van der Waals surface area contributed by atoms with Gasteiger partial charge < -0.3 is 4.74 Å². The van der Waals surface area contributed by atoms with Gasteiger partial charge in [-0.2, -0.15) is 0 Å². The fraction of sp³-hybridized carbons (Fsp3) is 0.833. The maximum atomic E-state index is 5.70. The first-order valence-electron chi connectivity index (χ1n) is 5.70. The lowest BCUT2D eigenvalue weighted by atomic mass is 9.44. The monoisotopic (exact) mass is 176 g/mol. The van der Waals surface area contributed by atoms with Gasteiger partial charge in [-0.25, -0.2) is 0 Å². The van der Waals surface area contributed by atoms with E-state index >= 15 is 0 Å². The minimum Gasteiger partial charge on any atom is -0.370 e. The van der Waals surface area contributed by atoms with Crippen molar-refractivity contribution >= 4 is 0 Å². The molecule has 0 amide bonds. The van der Waals surface area contributed by atoms with Gasteiger partial charge in [0.05, 0.1) is 12.2 Å². The zero-order valence-electron chi connectivity index (χ0n) is 7.96. The molecule has 1 heteroatoms. The molecular formula is C12H16O. The van der Waals surface area contributed by atoms with Gasteiger partial charge in [-0.3, -0.25) is 0 Å². The molecule has 0 aromatic rings. The molecule has 3 fully saturated rings. The van der Waals surface area contributed by atoms with Crippen LogP contribution < -0.4 is 0 Å². The average Bonchev–Trinajstić information content (AvgIpc) is 2.84. The Hall–Kier alpha value is -0.300. The molecule has 4 atom stereocenters. The first-order chi connectivity index (χ1) is 6.34. The highest BCUT2D eigenvalue weighted by Crippen LogP contribution is 2.69. The highest BCUT2D eigenvalue weighted by molar-refractivity contribution is 5.32. The predicted octanol–water partition coefficient (Wildman–Crippen LogP) is 2.66. The second kappa shape index (κ2) is 1.88. The lowest BCUT2D eigenvalue weighted by Gasteiger charge is -2.59. The Morgan fingerprint density at radius 2 is 1.46 bits per heavy atom. The summed E-state index contributed by atoms with van der Waals surface area (Å²) in [5.41, 5.74) is 1.20. The number of fused-ring (bicyclic) bond motifs is 1. The van der Waals surface area contributed by atoms with Gasteiger partial charge in [-0.05, 0) is 36.5 Å². The van der Waals surface area contributed by atoms with Crippen LogP contribution in [-0.4, -0.2) is 12.2 Å². The van der Waals surface area contributed by atoms with E-state index in [1.165, 1.54) is 38.5 Å². The minimum absolute atomic E-state index is 0.600. The third-order valence-electron chi connectivity index (χ3n) is 5.03. The normalized spacial score (nSPS) is 61.5. The van der Waals surface area contributed by atoms with Crippen LogP contribution in [0.4, 0.5) is 0 Å². The molecule has 4 aliphatic rings. The van der Waals surface area contributed by atoms with Gasteiger partial charge in [0.2, 0.25) is 0 Å². The highest BCUT2D eigenvalue weighted by atomic mass is 16.6. The standard InChI is InChI=1S/C12H16O/c1-2-4-12-6-5-11(12,3-1)7-9-10(8-12)13-9/h5-6,9-10H,1-4,7-8H2/t9-,10+,11-,12+. The Bertz CT molecular complexity index is 267. The topological polar surface area (TPSA) is 12.5 Å². The Kier molecular flexibility index (Phi) is 1.02. The fourth-order valence-electron chi connectivity index (χ4n) is 4.10. The Morgan fingerprint density at radius 1 is 0.923 bits per heavy atom. The second-order valence-electron chi connectivity index (χ2n) is 5.47. The van der Waals surface area contributed by atoms with Crippen LogP contribution in [0.5, 0.6) is 0 Å². The van der Waals surface area contributed by atoms with Gasteiger partial charge in [0, 0.05) is 0 Å². The quantitative estimate of drug-likeness (QED) is 0.408. The van der Waals surface area contributed by atoms with Gasteiger partial charge in [-0.1, -0.05) is 25.0 Å². The Labute approximate surface area is 79.2 Å². The van der Waals surface area contributed by atoms with Crippen molar-refractivity contribution in [3.8, 4) is 0 Å². The summed E-state index contributed by atoms with van der Waals surface area (Å²) >= 11 is 0. The van der Waals surface area contributed by atoms with Crippen molar-refractivity contribution in [2.75, 3.05) is 0 Å². The second-order valence-corrected chi connectivity index (χ2v) is 5.47. The number of ether oxygens (including phenoxy) is 1. The highest BCUT2D eigenvalue weighted by Gasteiger charge is 2.64. The number of epoxide rings is 1. The summed E-state index contributed by atoms with van der Waals surface area (Å²) in [5.74, 6) is 0. The van der Waals surface area contributed by atoms with E-state index in [9.17, 15) is 0 Å². The van der Waals surface area contributed by atoms with E-state index in [1.54, 1.807) is 0 Å². The number of hydrogen-bond acceptors (Lipinski definition) is 1. The van der Waals surface area contributed by atoms with Crippen molar-refractivity contribution in [3.05, 3.63) is 12.2 Å². The zero-order valence-corrected chi connectivity index (χ0v) is 7.96. The van der Waals surface area contributed by atoms with Crippen LogP contribution in [0.2, 0.25) is 0 Å². The summed E-state index contributed by atoms with van der Waals surface area (Å²) in [4.78, 5) is 0. The summed E-state index contributed by atoms with van der Waals surface area (Å²) in [5, 5.41) is 0. The molecule has 0 unspecified atom stereocenters. The van der Waals surface area contributed by atoms with Crippen LogP contribution in [0.15, 0.2) is 12.2 Å². The maximum Gasteiger partial charge on any atom is 0.0850 e. The van der Waals surface area contributed by atoms with Crippen LogP contribution in [0.3, 0.4) is 0 Å². The molecule has 3 aliphatic carbocycles. The predicted molar refractivity (Wildman–Crippen MR) is 50.4 cm³/mol. The van der Waals surface area contributed by atoms with E-state index < -0.39 is 0 Å². The van der Waals surface area contributed by atoms with Gasteiger partial charge in [0.1, 0.15) is 0 Å². The number of allylic oxidation sites excluding steroid dienone is 2. The summed E-state index contributed by atoms with van der Waals surface area (Å²) in [7, 11) is 0. The van der Waals surface area contributed by atoms with Crippen LogP contribution in [0.25, 0.3) is 0 Å². The molecule has 1 aliphatic heterocycles. The molecule has 13 heavy (non-hydrogen) atoms. The molecule has 0 aromatic heterocycles. The van der Waals surface area contributed by atoms with E-state index in [0.29, 0.717) is 23.0 Å². The molecule has 0 spiro atoms. The van der Waals surface area contributed by atoms with Crippen molar-refractivity contribution in [1.29, 1.82) is 0 Å². The average molecular weight is 176 g/mol. The van der Waals surface area contributed by atoms with E-state index in [1.807, 2.05) is 0 Å². The SMILES string of the molecule is C1=C[C@]23CCCC[C@]12C[C@H]1O[C@H]1C3. The minimum atomic E-state index is 0.600. The molecule has 0 N–H and O–H groups in total. The van der Waals surface area contributed by atoms with Crippen molar-refractivity contribution < 1.29 is 4.74 Å². The van der Waals surface area contributed by atoms with E-state index in [-0.39, 0.29) is 0 Å². The smallest absolute Gasteiger partial charge is 0.0850 e. The summed E-state index contributed by atoms with van der Waals surface area (Å²) in [6.07, 6.45) is 14.8. The van der Waals surface area contributed by atoms with Crippen molar-refractivity contribution in [1.82, 2.24) is 0 Å². The molecule has 1 nitrogen and oxygen atoms in total. The third kappa shape index (κ3) is 0.665. The molecule has 0 bridgehead atoms. The summed E-state index contributed by atoms with van der Waals surface area (Å²) < 4.78 is 5.70.